The number of rotatable bonds is 6. The molecule has 4 aromatic rings. The Morgan fingerprint density at radius 3 is 2.68 bits per heavy atom. The molecule has 2 aromatic carbocycles. The quantitative estimate of drug-likeness (QED) is 0.375. The minimum atomic E-state index is 0.201. The minimum absolute atomic E-state index is 0.201. The predicted octanol–water partition coefficient (Wildman–Crippen LogP) is 6.13. The van der Waals surface area contributed by atoms with Crippen LogP contribution in [0, 0.1) is 12.3 Å². The van der Waals surface area contributed by atoms with Crippen molar-refractivity contribution in [2.75, 3.05) is 7.11 Å². The number of ether oxygens (including phenoxy) is 2. The molecule has 0 aliphatic rings. The van der Waals surface area contributed by atoms with Gasteiger partial charge in [-0.3, -0.25) is 0 Å². The van der Waals surface area contributed by atoms with Gasteiger partial charge in [-0.15, -0.1) is 6.42 Å². The summed E-state index contributed by atoms with van der Waals surface area (Å²) in [5.74, 6) is 3.93. The number of hydrogen-bond acceptors (Lipinski definition) is 4. The zero-order valence-electron chi connectivity index (χ0n) is 17.1. The van der Waals surface area contributed by atoms with E-state index in [0.29, 0.717) is 27.7 Å². The van der Waals surface area contributed by atoms with Crippen LogP contribution in [0.15, 0.2) is 48.5 Å². The van der Waals surface area contributed by atoms with E-state index in [2.05, 4.69) is 20.9 Å². The van der Waals surface area contributed by atoms with Crippen LogP contribution >= 0.6 is 11.6 Å². The zero-order valence-corrected chi connectivity index (χ0v) is 17.9. The highest BCUT2D eigenvalue weighted by Gasteiger charge is 2.16. The fraction of sp³-hybridized carbons (Fsp3) is 0.120. The molecule has 0 aliphatic heterocycles. The topological polar surface area (TPSA) is 60.0 Å². The molecule has 31 heavy (non-hydrogen) atoms. The van der Waals surface area contributed by atoms with Crippen molar-refractivity contribution in [1.29, 1.82) is 0 Å². The molecule has 154 valence electrons. The van der Waals surface area contributed by atoms with E-state index < -0.39 is 0 Å². The SMILES string of the molecule is C#Cc1cccc(Oc2nc(/C=C/c3cccc(OC)c3)c3c(Cl)c(CC)[nH]c3n2)c1. The number of aryl methyl sites for hydroxylation is 1. The van der Waals surface area contributed by atoms with Crippen LogP contribution in [0.2, 0.25) is 5.02 Å². The first kappa shape index (κ1) is 20.5. The Morgan fingerprint density at radius 2 is 1.90 bits per heavy atom. The van der Waals surface area contributed by atoms with Gasteiger partial charge in [-0.05, 0) is 48.4 Å². The summed E-state index contributed by atoms with van der Waals surface area (Å²) in [5.41, 5.74) is 3.85. The van der Waals surface area contributed by atoms with Gasteiger partial charge in [-0.1, -0.05) is 48.7 Å². The molecule has 0 saturated heterocycles. The first-order valence-corrected chi connectivity index (χ1v) is 10.1. The van der Waals surface area contributed by atoms with Crippen molar-refractivity contribution >= 4 is 34.8 Å². The van der Waals surface area contributed by atoms with E-state index in [1.165, 1.54) is 0 Å². The second-order valence-corrected chi connectivity index (χ2v) is 7.15. The first-order valence-electron chi connectivity index (χ1n) is 9.76. The Labute approximate surface area is 185 Å². The molecule has 2 heterocycles. The Bertz CT molecular complexity index is 1320. The maximum Gasteiger partial charge on any atom is 0.324 e. The number of aromatic nitrogens is 3. The number of halogens is 1. The summed E-state index contributed by atoms with van der Waals surface area (Å²) >= 11 is 6.62. The van der Waals surface area contributed by atoms with Crippen molar-refractivity contribution in [3.8, 4) is 29.9 Å². The number of terminal acetylenes is 1. The lowest BCUT2D eigenvalue weighted by Crippen LogP contribution is -1.95. The normalized spacial score (nSPS) is 11.0. The van der Waals surface area contributed by atoms with Crippen LogP contribution in [0.25, 0.3) is 23.2 Å². The Morgan fingerprint density at radius 1 is 1.10 bits per heavy atom. The average Bonchev–Trinajstić information content (AvgIpc) is 3.13. The van der Waals surface area contributed by atoms with Crippen LogP contribution < -0.4 is 9.47 Å². The first-order chi connectivity index (χ1) is 15.1. The standard InChI is InChI=1S/C25H20ClN3O2/c1-4-16-8-6-11-19(14-16)31-25-28-21(13-12-17-9-7-10-18(15-17)30-3)22-23(26)20(5-2)27-24(22)29-25/h1,6-15H,5H2,2-3H3,(H,27,28,29)/b13-12+. The minimum Gasteiger partial charge on any atom is -0.497 e. The summed E-state index contributed by atoms with van der Waals surface area (Å²) in [7, 11) is 1.64. The Kier molecular flexibility index (Phi) is 5.92. The van der Waals surface area contributed by atoms with E-state index in [9.17, 15) is 0 Å². The maximum absolute atomic E-state index is 6.62. The van der Waals surface area contributed by atoms with Gasteiger partial charge in [-0.25, -0.2) is 0 Å². The summed E-state index contributed by atoms with van der Waals surface area (Å²) in [6.07, 6.45) is 10.1. The number of methoxy groups -OCH3 is 1. The third-order valence-corrected chi connectivity index (χ3v) is 5.18. The molecule has 1 N–H and O–H groups in total. The third-order valence-electron chi connectivity index (χ3n) is 4.76. The number of fused-ring (bicyclic) bond motifs is 1. The molecule has 0 atom stereocenters. The molecular weight excluding hydrogens is 410 g/mol. The van der Waals surface area contributed by atoms with Gasteiger partial charge in [0.25, 0.3) is 0 Å². The molecule has 0 spiro atoms. The lowest BCUT2D eigenvalue weighted by Gasteiger charge is -2.06. The fourth-order valence-corrected chi connectivity index (χ4v) is 3.56. The van der Waals surface area contributed by atoms with Crippen LogP contribution in [-0.4, -0.2) is 22.1 Å². The third kappa shape index (κ3) is 4.40. The molecule has 0 saturated carbocycles. The summed E-state index contributed by atoms with van der Waals surface area (Å²) in [6, 6.07) is 15.2. The molecule has 2 aromatic heterocycles. The van der Waals surface area contributed by atoms with Crippen LogP contribution in [0.5, 0.6) is 17.5 Å². The van der Waals surface area contributed by atoms with Gasteiger partial charge in [0.1, 0.15) is 17.1 Å². The van der Waals surface area contributed by atoms with Gasteiger partial charge in [-0.2, -0.15) is 9.97 Å². The molecule has 0 aliphatic carbocycles. The fourth-order valence-electron chi connectivity index (χ4n) is 3.20. The van der Waals surface area contributed by atoms with Crippen molar-refractivity contribution in [2.45, 2.75) is 13.3 Å². The second-order valence-electron chi connectivity index (χ2n) is 6.77. The van der Waals surface area contributed by atoms with E-state index in [0.717, 1.165) is 28.8 Å². The molecule has 0 radical (unpaired) electrons. The highest BCUT2D eigenvalue weighted by molar-refractivity contribution is 6.36. The van der Waals surface area contributed by atoms with Crippen molar-refractivity contribution in [3.05, 3.63) is 76.1 Å². The predicted molar refractivity (Wildman–Crippen MR) is 125 cm³/mol. The Balaban J connectivity index is 1.78. The number of benzene rings is 2. The molecule has 0 fully saturated rings. The highest BCUT2D eigenvalue weighted by atomic mass is 35.5. The largest absolute Gasteiger partial charge is 0.497 e. The summed E-state index contributed by atoms with van der Waals surface area (Å²) < 4.78 is 11.2. The molecule has 6 heteroatoms. The maximum atomic E-state index is 6.62. The van der Waals surface area contributed by atoms with Gasteiger partial charge in [0.05, 0.1) is 23.2 Å². The number of nitrogens with zero attached hydrogens (tertiary/aromatic N) is 2. The highest BCUT2D eigenvalue weighted by Crippen LogP contribution is 2.32. The summed E-state index contributed by atoms with van der Waals surface area (Å²) in [4.78, 5) is 12.4. The molecule has 0 unspecified atom stereocenters. The average molecular weight is 430 g/mol. The molecule has 0 amide bonds. The lowest BCUT2D eigenvalue weighted by atomic mass is 10.1. The van der Waals surface area contributed by atoms with E-state index in [4.69, 9.17) is 27.5 Å². The van der Waals surface area contributed by atoms with E-state index in [1.807, 2.05) is 55.5 Å². The number of nitrogens with one attached hydrogen (secondary N) is 1. The number of hydrogen-bond donors (Lipinski definition) is 1. The van der Waals surface area contributed by atoms with Crippen LogP contribution in [0.3, 0.4) is 0 Å². The van der Waals surface area contributed by atoms with E-state index in [-0.39, 0.29) is 6.01 Å². The Hall–Kier alpha value is -3.75. The van der Waals surface area contributed by atoms with Gasteiger partial charge in [0.15, 0.2) is 0 Å². The molecule has 5 nitrogen and oxygen atoms in total. The molecular formula is C25H20ClN3O2. The van der Waals surface area contributed by atoms with Gasteiger partial charge in [0.2, 0.25) is 0 Å². The summed E-state index contributed by atoms with van der Waals surface area (Å²) in [5, 5.41) is 1.37. The molecule has 0 bridgehead atoms. The van der Waals surface area contributed by atoms with Gasteiger partial charge >= 0.3 is 6.01 Å². The van der Waals surface area contributed by atoms with Crippen molar-refractivity contribution in [3.63, 3.8) is 0 Å². The molecule has 4 rings (SSSR count). The van der Waals surface area contributed by atoms with Crippen molar-refractivity contribution in [1.82, 2.24) is 15.0 Å². The smallest absolute Gasteiger partial charge is 0.324 e. The van der Waals surface area contributed by atoms with Gasteiger partial charge in [0, 0.05) is 11.3 Å². The van der Waals surface area contributed by atoms with Crippen LogP contribution in [0.1, 0.15) is 29.4 Å². The number of aromatic amines is 1. The monoisotopic (exact) mass is 429 g/mol. The van der Waals surface area contributed by atoms with Crippen molar-refractivity contribution < 1.29 is 9.47 Å². The lowest BCUT2D eigenvalue weighted by molar-refractivity contribution is 0.414. The number of H-pyrrole nitrogens is 1. The van der Waals surface area contributed by atoms with E-state index in [1.54, 1.807) is 19.2 Å². The van der Waals surface area contributed by atoms with Crippen molar-refractivity contribution in [2.24, 2.45) is 0 Å². The van der Waals surface area contributed by atoms with Crippen LogP contribution in [-0.2, 0) is 6.42 Å². The zero-order chi connectivity index (χ0) is 21.8. The van der Waals surface area contributed by atoms with Crippen LogP contribution in [0.4, 0.5) is 0 Å². The van der Waals surface area contributed by atoms with E-state index >= 15 is 0 Å². The second kappa shape index (κ2) is 8.95. The van der Waals surface area contributed by atoms with Gasteiger partial charge < -0.3 is 14.5 Å². The summed E-state index contributed by atoms with van der Waals surface area (Å²) in [6.45, 7) is 2.03.